The molecule has 1 atom stereocenters. The van der Waals surface area contributed by atoms with E-state index in [0.29, 0.717) is 25.1 Å². The minimum atomic E-state index is -0.511. The van der Waals surface area contributed by atoms with Crippen molar-refractivity contribution in [2.24, 2.45) is 0 Å². The number of amides is 2. The third-order valence-corrected chi connectivity index (χ3v) is 4.81. The third-order valence-electron chi connectivity index (χ3n) is 4.81. The lowest BCUT2D eigenvalue weighted by molar-refractivity contribution is -0.142. The Morgan fingerprint density at radius 2 is 1.82 bits per heavy atom. The second-order valence-corrected chi connectivity index (χ2v) is 6.92. The molecule has 1 N–H and O–H groups in total. The van der Waals surface area contributed by atoms with Crippen LogP contribution in [0, 0.1) is 13.8 Å². The fraction of sp³-hybridized carbons (Fsp3) is 0.391. The number of likely N-dealkylation sites (N-methyl/N-ethyl adjacent to an activating group) is 1. The zero-order valence-electron chi connectivity index (χ0n) is 17.2. The summed E-state index contributed by atoms with van der Waals surface area (Å²) in [4.78, 5) is 26.9. The summed E-state index contributed by atoms with van der Waals surface area (Å²) in [5.41, 5.74) is 3.18. The molecule has 2 rings (SSSR count). The minimum Gasteiger partial charge on any atom is -0.483 e. The first-order valence-corrected chi connectivity index (χ1v) is 9.71. The molecule has 0 radical (unpaired) electrons. The van der Waals surface area contributed by atoms with Gasteiger partial charge in [0, 0.05) is 13.6 Å². The lowest BCUT2D eigenvalue weighted by Crippen LogP contribution is -2.50. The maximum Gasteiger partial charge on any atom is 0.261 e. The minimum absolute atomic E-state index is 0.0907. The molecule has 0 fully saturated rings. The van der Waals surface area contributed by atoms with Crippen molar-refractivity contribution in [3.8, 4) is 5.75 Å². The number of aryl methyl sites for hydroxylation is 2. The number of carbonyl (C=O) groups is 2. The van der Waals surface area contributed by atoms with Gasteiger partial charge in [0.25, 0.3) is 5.91 Å². The Morgan fingerprint density at radius 3 is 2.46 bits per heavy atom. The highest BCUT2D eigenvalue weighted by Crippen LogP contribution is 2.19. The molecule has 0 bridgehead atoms. The summed E-state index contributed by atoms with van der Waals surface area (Å²) >= 11 is 0. The van der Waals surface area contributed by atoms with Crippen molar-refractivity contribution in [3.63, 3.8) is 0 Å². The Kier molecular flexibility index (Phi) is 8.05. The standard InChI is InChI=1S/C23H30N2O3/c1-5-20(23(27)24-4)25(14-13-19-9-7-6-8-10-19)22(26)16-28-21-15-17(2)11-12-18(21)3/h6-12,15,20H,5,13-14,16H2,1-4H3,(H,24,27)/t20-/m0/s1. The van der Waals surface area contributed by atoms with Crippen LogP contribution in [0.5, 0.6) is 5.75 Å². The van der Waals surface area contributed by atoms with Crippen LogP contribution in [0.3, 0.4) is 0 Å². The van der Waals surface area contributed by atoms with Gasteiger partial charge in [-0.3, -0.25) is 9.59 Å². The van der Waals surface area contributed by atoms with Crippen LogP contribution in [0.4, 0.5) is 0 Å². The Hall–Kier alpha value is -2.82. The maximum atomic E-state index is 13.0. The van der Waals surface area contributed by atoms with Crippen LogP contribution in [-0.4, -0.2) is 43.0 Å². The molecule has 5 nitrogen and oxygen atoms in total. The van der Waals surface area contributed by atoms with Gasteiger partial charge in [-0.2, -0.15) is 0 Å². The number of benzene rings is 2. The quantitative estimate of drug-likeness (QED) is 0.724. The molecular formula is C23H30N2O3. The Labute approximate surface area is 167 Å². The van der Waals surface area contributed by atoms with Gasteiger partial charge in [0.1, 0.15) is 11.8 Å². The molecule has 0 aliphatic carbocycles. The average Bonchev–Trinajstić information content (AvgIpc) is 2.71. The molecule has 0 saturated heterocycles. The van der Waals surface area contributed by atoms with Gasteiger partial charge in [-0.25, -0.2) is 0 Å². The SMILES string of the molecule is CC[C@@H](C(=O)NC)N(CCc1ccccc1)C(=O)COc1cc(C)ccc1C. The van der Waals surface area contributed by atoms with Crippen molar-refractivity contribution >= 4 is 11.8 Å². The largest absolute Gasteiger partial charge is 0.483 e. The number of rotatable bonds is 9. The van der Waals surface area contributed by atoms with Gasteiger partial charge in [0.15, 0.2) is 6.61 Å². The Balaban J connectivity index is 2.12. The van der Waals surface area contributed by atoms with Gasteiger partial charge in [0.05, 0.1) is 0 Å². The molecule has 0 saturated carbocycles. The molecule has 0 aromatic heterocycles. The molecule has 5 heteroatoms. The van der Waals surface area contributed by atoms with Gasteiger partial charge in [-0.15, -0.1) is 0 Å². The normalized spacial score (nSPS) is 11.6. The van der Waals surface area contributed by atoms with E-state index in [1.54, 1.807) is 11.9 Å². The van der Waals surface area contributed by atoms with E-state index in [9.17, 15) is 9.59 Å². The zero-order valence-corrected chi connectivity index (χ0v) is 17.2. The average molecular weight is 383 g/mol. The monoisotopic (exact) mass is 382 g/mol. The first kappa shape index (κ1) is 21.5. The Bertz CT molecular complexity index is 790. The molecule has 0 aliphatic heterocycles. The summed E-state index contributed by atoms with van der Waals surface area (Å²) in [7, 11) is 1.59. The predicted octanol–water partition coefficient (Wildman–Crippen LogP) is 3.28. The van der Waals surface area contributed by atoms with Crippen LogP contribution in [0.25, 0.3) is 0 Å². The fourth-order valence-corrected chi connectivity index (χ4v) is 3.15. The number of carbonyl (C=O) groups excluding carboxylic acids is 2. The highest BCUT2D eigenvalue weighted by atomic mass is 16.5. The number of ether oxygens (including phenoxy) is 1. The van der Waals surface area contributed by atoms with E-state index in [0.717, 1.165) is 16.7 Å². The van der Waals surface area contributed by atoms with Crippen LogP contribution in [0.2, 0.25) is 0 Å². The zero-order chi connectivity index (χ0) is 20.5. The maximum absolute atomic E-state index is 13.0. The summed E-state index contributed by atoms with van der Waals surface area (Å²) in [6, 6.07) is 15.4. The van der Waals surface area contributed by atoms with Crippen LogP contribution in [-0.2, 0) is 16.0 Å². The van der Waals surface area contributed by atoms with E-state index in [1.165, 1.54) is 0 Å². The van der Waals surface area contributed by atoms with Crippen molar-refractivity contribution in [2.75, 3.05) is 20.2 Å². The van der Waals surface area contributed by atoms with Crippen molar-refractivity contribution in [1.29, 1.82) is 0 Å². The van der Waals surface area contributed by atoms with Crippen LogP contribution < -0.4 is 10.1 Å². The van der Waals surface area contributed by atoms with Gasteiger partial charge in [0.2, 0.25) is 5.91 Å². The summed E-state index contributed by atoms with van der Waals surface area (Å²) in [5.74, 6) is 0.354. The van der Waals surface area contributed by atoms with E-state index < -0.39 is 6.04 Å². The number of hydrogen-bond donors (Lipinski definition) is 1. The number of hydrogen-bond acceptors (Lipinski definition) is 3. The van der Waals surface area contributed by atoms with E-state index in [2.05, 4.69) is 5.32 Å². The second kappa shape index (κ2) is 10.5. The van der Waals surface area contributed by atoms with Crippen LogP contribution in [0.1, 0.15) is 30.0 Å². The molecule has 150 valence electrons. The molecule has 2 amide bonds. The Morgan fingerprint density at radius 1 is 1.11 bits per heavy atom. The van der Waals surface area contributed by atoms with Crippen LogP contribution >= 0.6 is 0 Å². The van der Waals surface area contributed by atoms with E-state index in [1.807, 2.05) is 69.3 Å². The van der Waals surface area contributed by atoms with E-state index in [4.69, 9.17) is 4.74 Å². The van der Waals surface area contributed by atoms with Gasteiger partial charge in [-0.05, 0) is 49.4 Å². The van der Waals surface area contributed by atoms with E-state index in [-0.39, 0.29) is 18.4 Å². The molecular weight excluding hydrogens is 352 g/mol. The molecule has 0 aliphatic rings. The molecule has 0 heterocycles. The lowest BCUT2D eigenvalue weighted by atomic mass is 10.1. The number of nitrogens with one attached hydrogen (secondary N) is 1. The molecule has 0 spiro atoms. The highest BCUT2D eigenvalue weighted by Gasteiger charge is 2.27. The summed E-state index contributed by atoms with van der Waals surface area (Å²) < 4.78 is 5.80. The summed E-state index contributed by atoms with van der Waals surface area (Å²) in [6.07, 6.45) is 1.23. The smallest absolute Gasteiger partial charge is 0.261 e. The summed E-state index contributed by atoms with van der Waals surface area (Å²) in [6.45, 7) is 6.22. The van der Waals surface area contributed by atoms with Crippen molar-refractivity contribution in [2.45, 2.75) is 39.7 Å². The molecule has 0 unspecified atom stereocenters. The molecule has 2 aromatic carbocycles. The summed E-state index contributed by atoms with van der Waals surface area (Å²) in [5, 5.41) is 2.67. The molecule has 28 heavy (non-hydrogen) atoms. The molecule has 2 aromatic rings. The third kappa shape index (κ3) is 5.84. The van der Waals surface area contributed by atoms with Crippen molar-refractivity contribution < 1.29 is 14.3 Å². The highest BCUT2D eigenvalue weighted by molar-refractivity contribution is 5.88. The first-order chi connectivity index (χ1) is 13.5. The predicted molar refractivity (Wildman–Crippen MR) is 111 cm³/mol. The second-order valence-electron chi connectivity index (χ2n) is 6.92. The lowest BCUT2D eigenvalue weighted by Gasteiger charge is -2.30. The fourth-order valence-electron chi connectivity index (χ4n) is 3.15. The van der Waals surface area contributed by atoms with Crippen molar-refractivity contribution in [1.82, 2.24) is 10.2 Å². The first-order valence-electron chi connectivity index (χ1n) is 9.71. The van der Waals surface area contributed by atoms with Crippen LogP contribution in [0.15, 0.2) is 48.5 Å². The van der Waals surface area contributed by atoms with Gasteiger partial charge < -0.3 is 15.0 Å². The van der Waals surface area contributed by atoms with Gasteiger partial charge >= 0.3 is 0 Å². The topological polar surface area (TPSA) is 58.6 Å². The van der Waals surface area contributed by atoms with E-state index >= 15 is 0 Å². The number of nitrogens with zero attached hydrogens (tertiary/aromatic N) is 1. The van der Waals surface area contributed by atoms with Gasteiger partial charge in [-0.1, -0.05) is 49.4 Å². The van der Waals surface area contributed by atoms with Crippen molar-refractivity contribution in [3.05, 3.63) is 65.2 Å².